The van der Waals surface area contributed by atoms with E-state index in [1.807, 2.05) is 6.07 Å². The summed E-state index contributed by atoms with van der Waals surface area (Å²) in [5, 5.41) is 8.25. The molecule has 0 atom stereocenters. The molecule has 7 heteroatoms. The van der Waals surface area contributed by atoms with Crippen molar-refractivity contribution in [2.24, 2.45) is 0 Å². The van der Waals surface area contributed by atoms with Crippen LogP contribution in [0.5, 0.6) is 0 Å². The third-order valence-corrected chi connectivity index (χ3v) is 3.23. The average Bonchev–Trinajstić information content (AvgIpc) is 2.73. The molecule has 0 bridgehead atoms. The Morgan fingerprint density at radius 1 is 1.40 bits per heavy atom. The molecule has 0 aliphatic rings. The Labute approximate surface area is 90.7 Å². The van der Waals surface area contributed by atoms with Gasteiger partial charge in [-0.2, -0.15) is 0 Å². The molecule has 0 saturated carbocycles. The number of nitrogen functional groups attached to an aromatic ring is 3. The van der Waals surface area contributed by atoms with E-state index in [-0.39, 0.29) is 5.95 Å². The molecule has 0 aliphatic carbocycles. The van der Waals surface area contributed by atoms with Gasteiger partial charge in [-0.15, -0.1) is 21.5 Å². The largest absolute Gasteiger partial charge is 0.390 e. The van der Waals surface area contributed by atoms with Crippen molar-refractivity contribution in [3.63, 3.8) is 0 Å². The Balaban J connectivity index is 2.53. The number of nitrogens with two attached hydrogens (primary N) is 3. The second-order valence-corrected chi connectivity index (χ2v) is 4.26. The van der Waals surface area contributed by atoms with E-state index in [0.717, 1.165) is 12.0 Å². The number of aromatic nitrogens is 3. The van der Waals surface area contributed by atoms with Gasteiger partial charge in [-0.1, -0.05) is 6.92 Å². The first kappa shape index (κ1) is 9.78. The van der Waals surface area contributed by atoms with Crippen molar-refractivity contribution in [3.8, 4) is 11.4 Å². The van der Waals surface area contributed by atoms with Gasteiger partial charge in [0.25, 0.3) is 0 Å². The van der Waals surface area contributed by atoms with Crippen LogP contribution < -0.4 is 17.3 Å². The van der Waals surface area contributed by atoms with Crippen molar-refractivity contribution < 1.29 is 0 Å². The van der Waals surface area contributed by atoms with Gasteiger partial charge in [-0.3, -0.25) is 0 Å². The molecule has 2 aromatic heterocycles. The lowest BCUT2D eigenvalue weighted by Crippen LogP contribution is -2.13. The lowest BCUT2D eigenvalue weighted by molar-refractivity contribution is 1.02. The van der Waals surface area contributed by atoms with Gasteiger partial charge in [-0.05, 0) is 12.5 Å². The molecule has 0 unspecified atom stereocenters. The first-order chi connectivity index (χ1) is 7.13. The molecule has 0 fully saturated rings. The maximum absolute atomic E-state index is 5.87. The first-order valence-electron chi connectivity index (χ1n) is 4.48. The van der Waals surface area contributed by atoms with Crippen molar-refractivity contribution in [2.75, 3.05) is 17.3 Å². The number of anilines is 2. The summed E-state index contributed by atoms with van der Waals surface area (Å²) < 4.78 is 1.23. The Morgan fingerprint density at radius 2 is 2.13 bits per heavy atom. The first-order valence-corrected chi connectivity index (χ1v) is 5.29. The SMILES string of the molecule is CCc1cc(-c2nnc(N)n2N)c(N)s1. The second kappa shape index (κ2) is 3.43. The van der Waals surface area contributed by atoms with Gasteiger partial charge >= 0.3 is 0 Å². The summed E-state index contributed by atoms with van der Waals surface area (Å²) in [6.45, 7) is 2.07. The van der Waals surface area contributed by atoms with Crippen LogP contribution in [0, 0.1) is 0 Å². The Morgan fingerprint density at radius 3 is 2.60 bits per heavy atom. The van der Waals surface area contributed by atoms with Crippen LogP contribution in [0.15, 0.2) is 6.07 Å². The summed E-state index contributed by atoms with van der Waals surface area (Å²) in [6, 6.07) is 1.97. The van der Waals surface area contributed by atoms with Gasteiger partial charge in [0, 0.05) is 4.88 Å². The van der Waals surface area contributed by atoms with Crippen LogP contribution >= 0.6 is 11.3 Å². The smallest absolute Gasteiger partial charge is 0.241 e. The minimum Gasteiger partial charge on any atom is -0.390 e. The molecule has 0 radical (unpaired) electrons. The molecule has 80 valence electrons. The van der Waals surface area contributed by atoms with Crippen LogP contribution in [0.4, 0.5) is 10.9 Å². The molecule has 6 N–H and O–H groups in total. The number of aryl methyl sites for hydroxylation is 1. The van der Waals surface area contributed by atoms with Gasteiger partial charge in [-0.25, -0.2) is 4.68 Å². The molecular formula is C8H12N6S. The molecule has 0 aromatic carbocycles. The number of hydrogen-bond donors (Lipinski definition) is 3. The van der Waals surface area contributed by atoms with Crippen LogP contribution in [-0.2, 0) is 6.42 Å². The predicted molar refractivity (Wildman–Crippen MR) is 61.7 cm³/mol. The Bertz CT molecular complexity index is 485. The highest BCUT2D eigenvalue weighted by molar-refractivity contribution is 7.16. The summed E-state index contributed by atoms with van der Waals surface area (Å²) in [4.78, 5) is 1.18. The molecule has 2 rings (SSSR count). The van der Waals surface area contributed by atoms with Crippen molar-refractivity contribution in [1.82, 2.24) is 14.9 Å². The Hall–Kier alpha value is -1.76. The van der Waals surface area contributed by atoms with Gasteiger partial charge in [0.1, 0.15) is 0 Å². The normalized spacial score (nSPS) is 10.7. The van der Waals surface area contributed by atoms with Crippen molar-refractivity contribution >= 4 is 22.3 Å². The summed E-state index contributed by atoms with van der Waals surface area (Å²) >= 11 is 1.53. The van der Waals surface area contributed by atoms with Gasteiger partial charge in [0.15, 0.2) is 5.82 Å². The van der Waals surface area contributed by atoms with E-state index in [4.69, 9.17) is 17.3 Å². The number of hydrogen-bond acceptors (Lipinski definition) is 6. The Kier molecular flexibility index (Phi) is 2.24. The lowest BCUT2D eigenvalue weighted by atomic mass is 10.2. The number of nitrogens with zero attached hydrogens (tertiary/aromatic N) is 3. The molecule has 0 spiro atoms. The molecule has 0 aliphatic heterocycles. The van der Waals surface area contributed by atoms with Crippen molar-refractivity contribution in [2.45, 2.75) is 13.3 Å². The van der Waals surface area contributed by atoms with Gasteiger partial charge in [0.05, 0.1) is 10.6 Å². The molecule has 2 heterocycles. The summed E-state index contributed by atoms with van der Waals surface area (Å²) in [7, 11) is 0. The number of rotatable bonds is 2. The van der Waals surface area contributed by atoms with Crippen LogP contribution in [-0.4, -0.2) is 14.9 Å². The van der Waals surface area contributed by atoms with Crippen molar-refractivity contribution in [3.05, 3.63) is 10.9 Å². The van der Waals surface area contributed by atoms with E-state index >= 15 is 0 Å². The topological polar surface area (TPSA) is 109 Å². The quantitative estimate of drug-likeness (QED) is 0.641. The molecule has 15 heavy (non-hydrogen) atoms. The van der Waals surface area contributed by atoms with E-state index in [9.17, 15) is 0 Å². The van der Waals surface area contributed by atoms with E-state index in [0.29, 0.717) is 10.8 Å². The lowest BCUT2D eigenvalue weighted by Gasteiger charge is -1.98. The highest BCUT2D eigenvalue weighted by atomic mass is 32.1. The van der Waals surface area contributed by atoms with Crippen LogP contribution in [0.3, 0.4) is 0 Å². The third-order valence-electron chi connectivity index (χ3n) is 2.12. The van der Waals surface area contributed by atoms with E-state index in [1.165, 1.54) is 20.9 Å². The fourth-order valence-electron chi connectivity index (χ4n) is 1.29. The maximum Gasteiger partial charge on any atom is 0.241 e. The average molecular weight is 224 g/mol. The second-order valence-electron chi connectivity index (χ2n) is 3.10. The highest BCUT2D eigenvalue weighted by Crippen LogP contribution is 2.32. The molecule has 0 amide bonds. The third kappa shape index (κ3) is 1.50. The monoisotopic (exact) mass is 224 g/mol. The van der Waals surface area contributed by atoms with E-state index in [1.54, 1.807) is 0 Å². The summed E-state index contributed by atoms with van der Waals surface area (Å²) in [6.07, 6.45) is 0.934. The van der Waals surface area contributed by atoms with Gasteiger partial charge in [0.2, 0.25) is 5.95 Å². The number of thiophene rings is 1. The van der Waals surface area contributed by atoms with Crippen LogP contribution in [0.1, 0.15) is 11.8 Å². The summed E-state index contributed by atoms with van der Waals surface area (Å²) in [5.74, 6) is 6.35. The predicted octanol–water partition coefficient (Wildman–Crippen LogP) is 0.447. The minimum atomic E-state index is 0.175. The van der Waals surface area contributed by atoms with Gasteiger partial charge < -0.3 is 17.3 Å². The molecular weight excluding hydrogens is 212 g/mol. The minimum absolute atomic E-state index is 0.175. The van der Waals surface area contributed by atoms with E-state index in [2.05, 4.69) is 17.1 Å². The van der Waals surface area contributed by atoms with Crippen LogP contribution in [0.2, 0.25) is 0 Å². The fraction of sp³-hybridized carbons (Fsp3) is 0.250. The molecule has 0 saturated heterocycles. The van der Waals surface area contributed by atoms with Crippen molar-refractivity contribution in [1.29, 1.82) is 0 Å². The molecule has 2 aromatic rings. The maximum atomic E-state index is 5.87. The standard InChI is InChI=1S/C8H12N6S/c1-2-4-3-5(6(9)15-4)7-12-13-8(10)14(7)11/h3H,2,9,11H2,1H3,(H2,10,13). The molecule has 6 nitrogen and oxygen atoms in total. The fourth-order valence-corrected chi connectivity index (χ4v) is 2.16. The zero-order chi connectivity index (χ0) is 11.0. The highest BCUT2D eigenvalue weighted by Gasteiger charge is 2.14. The van der Waals surface area contributed by atoms with E-state index < -0.39 is 0 Å². The van der Waals surface area contributed by atoms with Crippen LogP contribution in [0.25, 0.3) is 11.4 Å². The zero-order valence-electron chi connectivity index (χ0n) is 8.27. The summed E-state index contributed by atoms with van der Waals surface area (Å²) in [5.41, 5.74) is 12.2. The zero-order valence-corrected chi connectivity index (χ0v) is 9.08.